The van der Waals surface area contributed by atoms with Crippen molar-refractivity contribution >= 4 is 45.7 Å². The van der Waals surface area contributed by atoms with Crippen LogP contribution in [0.2, 0.25) is 15.2 Å². The second-order valence-electron chi connectivity index (χ2n) is 4.89. The molecule has 0 N–H and O–H groups in total. The van der Waals surface area contributed by atoms with Gasteiger partial charge in [-0.05, 0) is 43.2 Å². The van der Waals surface area contributed by atoms with Crippen LogP contribution in [0.5, 0.6) is 0 Å². The van der Waals surface area contributed by atoms with Gasteiger partial charge in [0.05, 0.1) is 10.5 Å². The number of hydrogen-bond acceptors (Lipinski definition) is 2. The Kier molecular flexibility index (Phi) is 3.78. The molecule has 0 unspecified atom stereocenters. The third-order valence-electron chi connectivity index (χ3n) is 3.36. The van der Waals surface area contributed by atoms with Gasteiger partial charge in [0, 0.05) is 16.0 Å². The molecular formula is C16H11Cl3N2. The molecule has 0 amide bonds. The minimum atomic E-state index is 0.389. The molecule has 106 valence electrons. The summed E-state index contributed by atoms with van der Waals surface area (Å²) in [6.45, 7) is 3.88. The average molecular weight is 338 g/mol. The smallest absolute Gasteiger partial charge is 0.161 e. The van der Waals surface area contributed by atoms with Gasteiger partial charge in [-0.1, -0.05) is 46.9 Å². The van der Waals surface area contributed by atoms with Crippen molar-refractivity contribution in [1.82, 2.24) is 9.97 Å². The third-order valence-corrected chi connectivity index (χ3v) is 4.35. The highest BCUT2D eigenvalue weighted by atomic mass is 35.5. The lowest BCUT2D eigenvalue weighted by molar-refractivity contribution is 1.21. The first-order valence-electron chi connectivity index (χ1n) is 6.36. The maximum absolute atomic E-state index is 6.31. The van der Waals surface area contributed by atoms with E-state index in [1.807, 2.05) is 44.2 Å². The van der Waals surface area contributed by atoms with E-state index >= 15 is 0 Å². The Hall–Kier alpha value is -1.35. The van der Waals surface area contributed by atoms with Crippen molar-refractivity contribution in [2.24, 2.45) is 0 Å². The number of halogens is 3. The van der Waals surface area contributed by atoms with Gasteiger partial charge in [-0.3, -0.25) is 0 Å². The maximum atomic E-state index is 6.31. The van der Waals surface area contributed by atoms with Crippen LogP contribution < -0.4 is 0 Å². The van der Waals surface area contributed by atoms with Crippen molar-refractivity contribution in [2.45, 2.75) is 13.8 Å². The zero-order valence-electron chi connectivity index (χ0n) is 11.4. The molecule has 3 rings (SSSR count). The van der Waals surface area contributed by atoms with Crippen LogP contribution in [0.4, 0.5) is 0 Å². The minimum Gasteiger partial charge on any atom is -0.226 e. The number of aromatic nitrogens is 2. The summed E-state index contributed by atoms with van der Waals surface area (Å²) in [5, 5.41) is 2.38. The molecule has 5 heteroatoms. The first kappa shape index (κ1) is 14.6. The van der Waals surface area contributed by atoms with Crippen molar-refractivity contribution in [3.05, 3.63) is 56.7 Å². The molecule has 0 aliphatic heterocycles. The molecule has 1 aromatic heterocycles. The summed E-state index contributed by atoms with van der Waals surface area (Å²) in [7, 11) is 0. The van der Waals surface area contributed by atoms with Crippen LogP contribution in [0.25, 0.3) is 22.3 Å². The SMILES string of the molecule is Cc1cc(Cl)c2nc(-c3cccc(Cl)c3C)nc(Cl)c2c1. The first-order valence-corrected chi connectivity index (χ1v) is 7.49. The number of fused-ring (bicyclic) bond motifs is 1. The molecule has 0 bridgehead atoms. The second kappa shape index (κ2) is 5.45. The van der Waals surface area contributed by atoms with Crippen molar-refractivity contribution < 1.29 is 0 Å². The molecule has 0 saturated carbocycles. The van der Waals surface area contributed by atoms with E-state index in [0.717, 1.165) is 22.1 Å². The summed E-state index contributed by atoms with van der Waals surface area (Å²) >= 11 is 18.8. The van der Waals surface area contributed by atoms with Gasteiger partial charge in [0.1, 0.15) is 5.15 Å². The van der Waals surface area contributed by atoms with Gasteiger partial charge in [0.25, 0.3) is 0 Å². The predicted octanol–water partition coefficient (Wildman–Crippen LogP) is 5.87. The molecule has 0 saturated heterocycles. The van der Waals surface area contributed by atoms with Crippen molar-refractivity contribution in [3.63, 3.8) is 0 Å². The van der Waals surface area contributed by atoms with Gasteiger partial charge in [0.2, 0.25) is 0 Å². The molecule has 0 atom stereocenters. The van der Waals surface area contributed by atoms with E-state index in [2.05, 4.69) is 9.97 Å². The van der Waals surface area contributed by atoms with Crippen molar-refractivity contribution in [3.8, 4) is 11.4 Å². The van der Waals surface area contributed by atoms with Crippen LogP contribution in [0.1, 0.15) is 11.1 Å². The van der Waals surface area contributed by atoms with Crippen LogP contribution in [0.15, 0.2) is 30.3 Å². The number of rotatable bonds is 1. The number of nitrogens with zero attached hydrogens (tertiary/aromatic N) is 2. The largest absolute Gasteiger partial charge is 0.226 e. The summed E-state index contributed by atoms with van der Waals surface area (Å²) < 4.78 is 0. The molecule has 2 aromatic carbocycles. The van der Waals surface area contributed by atoms with Gasteiger partial charge < -0.3 is 0 Å². The third kappa shape index (κ3) is 2.59. The summed E-state index contributed by atoms with van der Waals surface area (Å²) in [5.74, 6) is 0.526. The van der Waals surface area contributed by atoms with E-state index in [4.69, 9.17) is 34.8 Å². The fourth-order valence-corrected chi connectivity index (χ4v) is 2.97. The molecule has 0 spiro atoms. The molecule has 0 fully saturated rings. The summed E-state index contributed by atoms with van der Waals surface area (Å²) in [4.78, 5) is 8.96. The fraction of sp³-hybridized carbons (Fsp3) is 0.125. The molecule has 0 aliphatic carbocycles. The van der Waals surface area contributed by atoms with Crippen molar-refractivity contribution in [2.75, 3.05) is 0 Å². The van der Waals surface area contributed by atoms with Gasteiger partial charge in [0.15, 0.2) is 5.82 Å². The highest BCUT2D eigenvalue weighted by Gasteiger charge is 2.13. The predicted molar refractivity (Wildman–Crippen MR) is 89.5 cm³/mol. The Labute approximate surface area is 137 Å². The minimum absolute atomic E-state index is 0.389. The van der Waals surface area contributed by atoms with E-state index in [9.17, 15) is 0 Å². The van der Waals surface area contributed by atoms with Crippen LogP contribution in [0, 0.1) is 13.8 Å². The van der Waals surface area contributed by atoms with Crippen LogP contribution in [0.3, 0.4) is 0 Å². The van der Waals surface area contributed by atoms with Crippen LogP contribution >= 0.6 is 34.8 Å². The highest BCUT2D eigenvalue weighted by molar-refractivity contribution is 6.38. The normalized spacial score (nSPS) is 11.1. The first-order chi connectivity index (χ1) is 9.97. The quantitative estimate of drug-likeness (QED) is 0.519. The molecule has 3 aromatic rings. The summed E-state index contributed by atoms with van der Waals surface area (Å²) in [6, 6.07) is 9.41. The fourth-order valence-electron chi connectivity index (χ4n) is 2.26. The highest BCUT2D eigenvalue weighted by Crippen LogP contribution is 2.32. The molecule has 0 aliphatic rings. The van der Waals surface area contributed by atoms with Crippen LogP contribution in [-0.2, 0) is 0 Å². The van der Waals surface area contributed by atoms with E-state index in [0.29, 0.717) is 26.5 Å². The average Bonchev–Trinajstić information content (AvgIpc) is 2.43. The maximum Gasteiger partial charge on any atom is 0.161 e. The number of benzene rings is 2. The Balaban J connectivity index is 2.33. The lowest BCUT2D eigenvalue weighted by Crippen LogP contribution is -1.95. The molecular weight excluding hydrogens is 327 g/mol. The number of hydrogen-bond donors (Lipinski definition) is 0. The molecule has 0 radical (unpaired) electrons. The van der Waals surface area contributed by atoms with E-state index in [1.54, 1.807) is 0 Å². The zero-order chi connectivity index (χ0) is 15.1. The Morgan fingerprint density at radius 2 is 1.67 bits per heavy atom. The Morgan fingerprint density at radius 3 is 2.43 bits per heavy atom. The van der Waals surface area contributed by atoms with E-state index in [-0.39, 0.29) is 0 Å². The van der Waals surface area contributed by atoms with Crippen LogP contribution in [-0.4, -0.2) is 9.97 Å². The van der Waals surface area contributed by atoms with E-state index in [1.165, 1.54) is 0 Å². The lowest BCUT2D eigenvalue weighted by Gasteiger charge is -2.09. The Morgan fingerprint density at radius 1 is 0.905 bits per heavy atom. The van der Waals surface area contributed by atoms with Gasteiger partial charge in [-0.2, -0.15) is 0 Å². The molecule has 1 heterocycles. The molecule has 21 heavy (non-hydrogen) atoms. The van der Waals surface area contributed by atoms with E-state index < -0.39 is 0 Å². The van der Waals surface area contributed by atoms with Crippen molar-refractivity contribution in [1.29, 1.82) is 0 Å². The summed E-state index contributed by atoms with van der Waals surface area (Å²) in [5.41, 5.74) is 3.43. The second-order valence-corrected chi connectivity index (χ2v) is 6.07. The standard InChI is InChI=1S/C16H11Cl3N2/c1-8-6-11-14(13(18)7-8)20-16(21-15(11)19)10-4-3-5-12(17)9(10)2/h3-7H,1-2H3. The number of aryl methyl sites for hydroxylation is 1. The summed E-state index contributed by atoms with van der Waals surface area (Å²) in [6.07, 6.45) is 0. The topological polar surface area (TPSA) is 25.8 Å². The molecule has 2 nitrogen and oxygen atoms in total. The zero-order valence-corrected chi connectivity index (χ0v) is 13.7. The Bertz CT molecular complexity index is 860. The lowest BCUT2D eigenvalue weighted by atomic mass is 10.1. The monoisotopic (exact) mass is 336 g/mol. The van der Waals surface area contributed by atoms with Gasteiger partial charge >= 0.3 is 0 Å². The van der Waals surface area contributed by atoms with Gasteiger partial charge in [-0.15, -0.1) is 0 Å². The van der Waals surface area contributed by atoms with Gasteiger partial charge in [-0.25, -0.2) is 9.97 Å².